The summed E-state index contributed by atoms with van der Waals surface area (Å²) < 4.78 is 0. The van der Waals surface area contributed by atoms with Crippen molar-refractivity contribution >= 4 is 23.4 Å². The van der Waals surface area contributed by atoms with Gasteiger partial charge in [0.1, 0.15) is 0 Å². The molecule has 1 saturated heterocycles. The molecule has 0 unspecified atom stereocenters. The lowest BCUT2D eigenvalue weighted by Crippen LogP contribution is -2.39. The van der Waals surface area contributed by atoms with Crippen molar-refractivity contribution in [2.24, 2.45) is 0 Å². The Kier molecular flexibility index (Phi) is 4.43. The van der Waals surface area contributed by atoms with Crippen molar-refractivity contribution in [2.45, 2.75) is 12.8 Å². The van der Waals surface area contributed by atoms with Gasteiger partial charge in [-0.05, 0) is 37.1 Å². The summed E-state index contributed by atoms with van der Waals surface area (Å²) in [4.78, 5) is 27.3. The average molecular weight is 281 g/mol. The minimum Gasteiger partial charge on any atom is -0.341 e. The molecule has 0 bridgehead atoms. The fourth-order valence-corrected chi connectivity index (χ4v) is 2.28. The number of hydrogen-bond donors (Lipinski definition) is 0. The zero-order valence-electron chi connectivity index (χ0n) is 10.9. The number of benzene rings is 1. The highest BCUT2D eigenvalue weighted by molar-refractivity contribution is 6.30. The third-order valence-corrected chi connectivity index (χ3v) is 3.52. The normalized spacial score (nSPS) is 14.5. The standard InChI is InChI=1S/C14H17ClN2O2/c1-16(10-13(18)17-8-2-3-9-17)14(19)11-4-6-12(15)7-5-11/h4-7H,2-3,8-10H2,1H3. The molecule has 2 amide bonds. The van der Waals surface area contributed by atoms with Crippen LogP contribution in [0.4, 0.5) is 0 Å². The predicted octanol–water partition coefficient (Wildman–Crippen LogP) is 2.03. The first-order valence-corrected chi connectivity index (χ1v) is 6.74. The van der Waals surface area contributed by atoms with Gasteiger partial charge in [0.2, 0.25) is 5.91 Å². The zero-order chi connectivity index (χ0) is 13.8. The van der Waals surface area contributed by atoms with Crippen LogP contribution in [-0.2, 0) is 4.79 Å². The maximum absolute atomic E-state index is 12.1. The number of likely N-dealkylation sites (tertiary alicyclic amines) is 1. The number of nitrogens with zero attached hydrogens (tertiary/aromatic N) is 2. The van der Waals surface area contributed by atoms with Crippen molar-refractivity contribution in [1.82, 2.24) is 9.80 Å². The van der Waals surface area contributed by atoms with Crippen molar-refractivity contribution in [3.05, 3.63) is 34.9 Å². The molecule has 0 N–H and O–H groups in total. The molecule has 1 fully saturated rings. The molecule has 0 aromatic heterocycles. The molecule has 1 heterocycles. The topological polar surface area (TPSA) is 40.6 Å². The Balaban J connectivity index is 1.95. The summed E-state index contributed by atoms with van der Waals surface area (Å²) >= 11 is 5.78. The van der Waals surface area contributed by atoms with E-state index in [1.54, 1.807) is 31.3 Å². The minimum atomic E-state index is -0.163. The van der Waals surface area contributed by atoms with Crippen LogP contribution in [0.25, 0.3) is 0 Å². The molecule has 0 aliphatic carbocycles. The molecule has 19 heavy (non-hydrogen) atoms. The number of carbonyl (C=O) groups excluding carboxylic acids is 2. The molecular formula is C14H17ClN2O2. The first kappa shape index (κ1) is 13.9. The molecule has 2 rings (SSSR count). The number of amides is 2. The highest BCUT2D eigenvalue weighted by Crippen LogP contribution is 2.12. The van der Waals surface area contributed by atoms with E-state index in [1.807, 2.05) is 4.90 Å². The minimum absolute atomic E-state index is 0.0160. The van der Waals surface area contributed by atoms with Gasteiger partial charge in [-0.15, -0.1) is 0 Å². The molecule has 102 valence electrons. The molecular weight excluding hydrogens is 264 g/mol. The summed E-state index contributed by atoms with van der Waals surface area (Å²) in [5.41, 5.74) is 0.543. The van der Waals surface area contributed by atoms with Crippen LogP contribution in [-0.4, -0.2) is 48.3 Å². The largest absolute Gasteiger partial charge is 0.341 e. The third kappa shape index (κ3) is 3.47. The molecule has 1 aromatic carbocycles. The zero-order valence-corrected chi connectivity index (χ0v) is 11.7. The van der Waals surface area contributed by atoms with Crippen LogP contribution in [0.15, 0.2) is 24.3 Å². The van der Waals surface area contributed by atoms with Crippen LogP contribution in [0.1, 0.15) is 23.2 Å². The number of likely N-dealkylation sites (N-methyl/N-ethyl adjacent to an activating group) is 1. The fourth-order valence-electron chi connectivity index (χ4n) is 2.15. The Morgan fingerprint density at radius 2 is 1.79 bits per heavy atom. The van der Waals surface area contributed by atoms with Gasteiger partial charge in [-0.3, -0.25) is 9.59 Å². The van der Waals surface area contributed by atoms with Crippen molar-refractivity contribution in [1.29, 1.82) is 0 Å². The van der Waals surface area contributed by atoms with Crippen molar-refractivity contribution in [3.63, 3.8) is 0 Å². The Morgan fingerprint density at radius 1 is 1.21 bits per heavy atom. The van der Waals surface area contributed by atoms with Crippen LogP contribution in [0.3, 0.4) is 0 Å². The maximum atomic E-state index is 12.1. The molecule has 5 heteroatoms. The van der Waals surface area contributed by atoms with Gasteiger partial charge < -0.3 is 9.80 Å². The fraction of sp³-hybridized carbons (Fsp3) is 0.429. The molecule has 4 nitrogen and oxygen atoms in total. The predicted molar refractivity (Wildman–Crippen MR) is 74.2 cm³/mol. The van der Waals surface area contributed by atoms with E-state index in [-0.39, 0.29) is 18.4 Å². The molecule has 1 aliphatic heterocycles. The second-order valence-electron chi connectivity index (χ2n) is 4.76. The van der Waals surface area contributed by atoms with Gasteiger partial charge in [-0.25, -0.2) is 0 Å². The van der Waals surface area contributed by atoms with Crippen LogP contribution >= 0.6 is 11.6 Å². The highest BCUT2D eigenvalue weighted by atomic mass is 35.5. The highest BCUT2D eigenvalue weighted by Gasteiger charge is 2.21. The number of hydrogen-bond acceptors (Lipinski definition) is 2. The number of carbonyl (C=O) groups is 2. The van der Waals surface area contributed by atoms with Gasteiger partial charge in [-0.2, -0.15) is 0 Å². The van der Waals surface area contributed by atoms with E-state index >= 15 is 0 Å². The van der Waals surface area contributed by atoms with E-state index < -0.39 is 0 Å². The molecule has 0 atom stereocenters. The van der Waals surface area contributed by atoms with Gasteiger partial charge in [-0.1, -0.05) is 11.6 Å². The Bertz CT molecular complexity index is 467. The Labute approximate surface area is 117 Å². The molecule has 0 spiro atoms. The van der Waals surface area contributed by atoms with Crippen LogP contribution in [0.5, 0.6) is 0 Å². The molecule has 1 aromatic rings. The summed E-state index contributed by atoms with van der Waals surface area (Å²) in [6.45, 7) is 1.74. The maximum Gasteiger partial charge on any atom is 0.254 e. The van der Waals surface area contributed by atoms with Crippen LogP contribution in [0.2, 0.25) is 5.02 Å². The number of halogens is 1. The lowest BCUT2D eigenvalue weighted by molar-refractivity contribution is -0.130. The summed E-state index contributed by atoms with van der Waals surface area (Å²) in [7, 11) is 1.64. The van der Waals surface area contributed by atoms with Gasteiger partial charge in [0.05, 0.1) is 6.54 Å². The Hall–Kier alpha value is -1.55. The molecule has 0 saturated carbocycles. The summed E-state index contributed by atoms with van der Waals surface area (Å²) in [6, 6.07) is 6.68. The van der Waals surface area contributed by atoms with E-state index in [9.17, 15) is 9.59 Å². The lowest BCUT2D eigenvalue weighted by Gasteiger charge is -2.21. The molecule has 0 radical (unpaired) electrons. The van der Waals surface area contributed by atoms with Gasteiger partial charge in [0.25, 0.3) is 5.91 Å². The van der Waals surface area contributed by atoms with E-state index in [2.05, 4.69) is 0 Å². The van der Waals surface area contributed by atoms with E-state index in [0.717, 1.165) is 25.9 Å². The smallest absolute Gasteiger partial charge is 0.254 e. The quantitative estimate of drug-likeness (QED) is 0.850. The summed E-state index contributed by atoms with van der Waals surface area (Å²) in [6.07, 6.45) is 2.11. The van der Waals surface area contributed by atoms with Crippen molar-refractivity contribution in [3.8, 4) is 0 Å². The van der Waals surface area contributed by atoms with E-state index in [0.29, 0.717) is 10.6 Å². The first-order valence-electron chi connectivity index (χ1n) is 6.37. The van der Waals surface area contributed by atoms with Crippen LogP contribution in [0, 0.1) is 0 Å². The van der Waals surface area contributed by atoms with Gasteiger partial charge >= 0.3 is 0 Å². The first-order chi connectivity index (χ1) is 9.08. The monoisotopic (exact) mass is 280 g/mol. The number of rotatable bonds is 3. The van der Waals surface area contributed by atoms with Gasteiger partial charge in [0.15, 0.2) is 0 Å². The summed E-state index contributed by atoms with van der Waals surface area (Å²) in [5.74, 6) is -0.147. The lowest BCUT2D eigenvalue weighted by atomic mass is 10.2. The van der Waals surface area contributed by atoms with E-state index in [1.165, 1.54) is 4.90 Å². The second kappa shape index (κ2) is 6.06. The van der Waals surface area contributed by atoms with Crippen molar-refractivity contribution < 1.29 is 9.59 Å². The van der Waals surface area contributed by atoms with Gasteiger partial charge in [0, 0.05) is 30.7 Å². The third-order valence-electron chi connectivity index (χ3n) is 3.27. The second-order valence-corrected chi connectivity index (χ2v) is 5.19. The molecule has 1 aliphatic rings. The Morgan fingerprint density at radius 3 is 2.37 bits per heavy atom. The van der Waals surface area contributed by atoms with Crippen molar-refractivity contribution in [2.75, 3.05) is 26.7 Å². The van der Waals surface area contributed by atoms with E-state index in [4.69, 9.17) is 11.6 Å². The summed E-state index contributed by atoms with van der Waals surface area (Å²) in [5, 5.41) is 0.590. The average Bonchev–Trinajstić information content (AvgIpc) is 2.92. The van der Waals surface area contributed by atoms with Crippen LogP contribution < -0.4 is 0 Å². The SMILES string of the molecule is CN(CC(=O)N1CCCC1)C(=O)c1ccc(Cl)cc1.